The van der Waals surface area contributed by atoms with Crippen LogP contribution in [0.15, 0.2) is 26.2 Å². The second kappa shape index (κ2) is 4.25. The highest BCUT2D eigenvalue weighted by molar-refractivity contribution is 8.01. The van der Waals surface area contributed by atoms with E-state index in [-0.39, 0.29) is 0 Å². The third-order valence-corrected chi connectivity index (χ3v) is 4.96. The van der Waals surface area contributed by atoms with E-state index in [0.717, 1.165) is 25.3 Å². The maximum Gasteiger partial charge on any atom is 0.222 e. The molecule has 3 rings (SSSR count). The fraction of sp³-hybridized carbons (Fsp3) is 0.100. The van der Waals surface area contributed by atoms with E-state index in [0.29, 0.717) is 5.95 Å². The highest BCUT2D eigenvalue weighted by atomic mass is 32.2. The molecule has 7 heteroatoms. The van der Waals surface area contributed by atoms with Crippen LogP contribution in [-0.4, -0.2) is 15.0 Å². The van der Waals surface area contributed by atoms with Crippen molar-refractivity contribution in [2.75, 3.05) is 5.73 Å². The minimum absolute atomic E-state index is 0.315. The zero-order valence-corrected chi connectivity index (χ0v) is 11.3. The van der Waals surface area contributed by atoms with Crippen LogP contribution in [0, 0.1) is 6.92 Å². The number of hydrogen-bond acceptors (Lipinski definition) is 7. The number of rotatable bonds is 2. The third kappa shape index (κ3) is 2.13. The van der Waals surface area contributed by atoms with Crippen molar-refractivity contribution in [2.24, 2.45) is 0 Å². The molecular weight excluding hydrogens is 272 g/mol. The van der Waals surface area contributed by atoms with Crippen molar-refractivity contribution in [3.63, 3.8) is 0 Å². The Kier molecular flexibility index (Phi) is 2.73. The first kappa shape index (κ1) is 10.9. The summed E-state index contributed by atoms with van der Waals surface area (Å²) in [5, 5.41) is 5.94. The molecule has 3 heterocycles. The van der Waals surface area contributed by atoms with Gasteiger partial charge in [0.1, 0.15) is 9.86 Å². The summed E-state index contributed by atoms with van der Waals surface area (Å²) >= 11 is 4.73. The predicted octanol–water partition coefficient (Wildman–Crippen LogP) is 3.19. The molecular formula is C10H8N4S3. The van der Waals surface area contributed by atoms with Gasteiger partial charge < -0.3 is 5.73 Å². The van der Waals surface area contributed by atoms with Crippen LogP contribution in [-0.2, 0) is 0 Å². The number of thiophene rings is 1. The van der Waals surface area contributed by atoms with Gasteiger partial charge in [0.2, 0.25) is 5.95 Å². The van der Waals surface area contributed by atoms with Crippen molar-refractivity contribution >= 4 is 50.6 Å². The van der Waals surface area contributed by atoms with Crippen LogP contribution in [0.25, 0.3) is 10.2 Å². The second-order valence-electron chi connectivity index (χ2n) is 3.38. The van der Waals surface area contributed by atoms with Crippen LogP contribution in [0.5, 0.6) is 0 Å². The largest absolute Gasteiger partial charge is 0.368 e. The summed E-state index contributed by atoms with van der Waals surface area (Å²) in [4.78, 5) is 13.8. The van der Waals surface area contributed by atoms with E-state index in [4.69, 9.17) is 5.73 Å². The Labute approximate surface area is 110 Å². The van der Waals surface area contributed by atoms with E-state index in [1.807, 2.05) is 23.8 Å². The molecule has 0 saturated carbocycles. The smallest absolute Gasteiger partial charge is 0.222 e. The molecule has 0 aliphatic heterocycles. The highest BCUT2D eigenvalue weighted by Crippen LogP contribution is 2.35. The molecule has 2 N–H and O–H groups in total. The van der Waals surface area contributed by atoms with Gasteiger partial charge in [-0.1, -0.05) is 0 Å². The SMILES string of the molecule is Cc1csc(Sc2nc(N)nc3sccc23)n1. The van der Waals surface area contributed by atoms with Crippen molar-refractivity contribution in [1.82, 2.24) is 15.0 Å². The van der Waals surface area contributed by atoms with Crippen LogP contribution in [0.4, 0.5) is 5.95 Å². The van der Waals surface area contributed by atoms with Gasteiger partial charge in [-0.15, -0.1) is 22.7 Å². The van der Waals surface area contributed by atoms with Gasteiger partial charge in [0, 0.05) is 16.5 Å². The van der Waals surface area contributed by atoms with Crippen LogP contribution < -0.4 is 5.73 Å². The van der Waals surface area contributed by atoms with Gasteiger partial charge in [0.05, 0.1) is 0 Å². The van der Waals surface area contributed by atoms with Gasteiger partial charge >= 0.3 is 0 Å². The number of nitrogens with two attached hydrogens (primary N) is 1. The lowest BCUT2D eigenvalue weighted by molar-refractivity contribution is 1.11. The molecule has 4 nitrogen and oxygen atoms in total. The Bertz CT molecular complexity index is 673. The van der Waals surface area contributed by atoms with E-state index in [1.54, 1.807) is 22.7 Å². The van der Waals surface area contributed by atoms with Crippen molar-refractivity contribution in [1.29, 1.82) is 0 Å². The van der Waals surface area contributed by atoms with Gasteiger partial charge in [0.15, 0.2) is 4.34 Å². The standard InChI is InChI=1S/C10H8N4S3/c1-5-4-16-10(12-5)17-8-6-2-3-15-7(6)13-9(11)14-8/h2-4H,1H3,(H2,11,13,14). The van der Waals surface area contributed by atoms with E-state index in [9.17, 15) is 0 Å². The molecule has 0 aliphatic rings. The highest BCUT2D eigenvalue weighted by Gasteiger charge is 2.10. The van der Waals surface area contributed by atoms with Crippen molar-refractivity contribution < 1.29 is 0 Å². The summed E-state index contributed by atoms with van der Waals surface area (Å²) < 4.78 is 0.980. The Morgan fingerprint density at radius 3 is 2.88 bits per heavy atom. The number of thiazole rings is 1. The topological polar surface area (TPSA) is 64.7 Å². The summed E-state index contributed by atoms with van der Waals surface area (Å²) in [6, 6.07) is 2.02. The van der Waals surface area contributed by atoms with Crippen LogP contribution >= 0.6 is 34.4 Å². The summed E-state index contributed by atoms with van der Waals surface area (Å²) in [5.74, 6) is 0.315. The van der Waals surface area contributed by atoms with E-state index < -0.39 is 0 Å². The van der Waals surface area contributed by atoms with Crippen molar-refractivity contribution in [3.05, 3.63) is 22.5 Å². The van der Waals surface area contributed by atoms with Crippen LogP contribution in [0.3, 0.4) is 0 Å². The van der Waals surface area contributed by atoms with E-state index >= 15 is 0 Å². The van der Waals surface area contributed by atoms with Gasteiger partial charge in [-0.3, -0.25) is 0 Å². The maximum absolute atomic E-state index is 5.70. The summed E-state index contributed by atoms with van der Waals surface area (Å²) in [6.45, 7) is 1.98. The summed E-state index contributed by atoms with van der Waals surface area (Å²) in [6.07, 6.45) is 0. The molecule has 0 saturated heterocycles. The fourth-order valence-electron chi connectivity index (χ4n) is 1.38. The van der Waals surface area contributed by atoms with Crippen molar-refractivity contribution in [2.45, 2.75) is 16.3 Å². The first-order valence-electron chi connectivity index (χ1n) is 4.83. The lowest BCUT2D eigenvalue weighted by Crippen LogP contribution is -1.95. The van der Waals surface area contributed by atoms with Crippen LogP contribution in [0.2, 0.25) is 0 Å². The number of fused-ring (bicyclic) bond motifs is 1. The molecule has 0 radical (unpaired) electrons. The molecule has 3 aromatic rings. The first-order valence-corrected chi connectivity index (χ1v) is 7.40. The average Bonchev–Trinajstić information content (AvgIpc) is 2.87. The number of hydrogen-bond donors (Lipinski definition) is 1. The molecule has 0 bridgehead atoms. The molecule has 3 aromatic heterocycles. The minimum Gasteiger partial charge on any atom is -0.368 e. The van der Waals surface area contributed by atoms with Gasteiger partial charge in [-0.25, -0.2) is 15.0 Å². The maximum atomic E-state index is 5.70. The molecule has 0 atom stereocenters. The molecule has 0 unspecified atom stereocenters. The number of aryl methyl sites for hydroxylation is 1. The van der Waals surface area contributed by atoms with Crippen molar-refractivity contribution in [3.8, 4) is 0 Å². The minimum atomic E-state index is 0.315. The monoisotopic (exact) mass is 280 g/mol. The van der Waals surface area contributed by atoms with Gasteiger partial charge in [0.25, 0.3) is 0 Å². The first-order chi connectivity index (χ1) is 8.22. The molecule has 0 spiro atoms. The number of anilines is 1. The lowest BCUT2D eigenvalue weighted by atomic mass is 10.4. The molecule has 0 fully saturated rings. The van der Waals surface area contributed by atoms with E-state index in [2.05, 4.69) is 15.0 Å². The number of nitrogens with zero attached hydrogens (tertiary/aromatic N) is 3. The average molecular weight is 280 g/mol. The second-order valence-corrected chi connectivity index (χ2v) is 6.37. The predicted molar refractivity (Wildman–Crippen MR) is 72.8 cm³/mol. The quantitative estimate of drug-likeness (QED) is 0.730. The Balaban J connectivity index is 2.07. The zero-order chi connectivity index (χ0) is 11.8. The number of nitrogen functional groups attached to an aromatic ring is 1. The zero-order valence-electron chi connectivity index (χ0n) is 8.88. The fourth-order valence-corrected chi connectivity index (χ4v) is 4.08. The third-order valence-electron chi connectivity index (χ3n) is 2.09. The Hall–Kier alpha value is -1.18. The van der Waals surface area contributed by atoms with Gasteiger partial charge in [-0.2, -0.15) is 0 Å². The normalized spacial score (nSPS) is 11.1. The molecule has 17 heavy (non-hydrogen) atoms. The number of aromatic nitrogens is 3. The molecule has 86 valence electrons. The van der Waals surface area contributed by atoms with E-state index in [1.165, 1.54) is 11.8 Å². The molecule has 0 aliphatic carbocycles. The Morgan fingerprint density at radius 2 is 2.12 bits per heavy atom. The molecule has 0 aromatic carbocycles. The molecule has 0 amide bonds. The summed E-state index contributed by atoms with van der Waals surface area (Å²) in [5.41, 5.74) is 6.73. The van der Waals surface area contributed by atoms with Crippen LogP contribution in [0.1, 0.15) is 5.69 Å². The summed E-state index contributed by atoms with van der Waals surface area (Å²) in [7, 11) is 0. The lowest BCUT2D eigenvalue weighted by Gasteiger charge is -2.00. The van der Waals surface area contributed by atoms with Gasteiger partial charge in [-0.05, 0) is 30.1 Å². The Morgan fingerprint density at radius 1 is 1.24 bits per heavy atom.